The highest BCUT2D eigenvalue weighted by Gasteiger charge is 2.16. The largest absolute Gasteiger partial charge is 0.369 e. The van der Waals surface area contributed by atoms with E-state index in [0.717, 1.165) is 10.9 Å². The van der Waals surface area contributed by atoms with Gasteiger partial charge in [-0.3, -0.25) is 20.4 Å². The van der Waals surface area contributed by atoms with Crippen molar-refractivity contribution < 1.29 is 14.3 Å². The lowest BCUT2D eigenvalue weighted by Gasteiger charge is -2.14. The van der Waals surface area contributed by atoms with Gasteiger partial charge in [-0.05, 0) is 41.3 Å². The lowest BCUT2D eigenvalue weighted by molar-refractivity contribution is -0.132. The fourth-order valence-corrected chi connectivity index (χ4v) is 2.11. The van der Waals surface area contributed by atoms with Gasteiger partial charge in [-0.15, -0.1) is 0 Å². The molecule has 1 aromatic heterocycles. The van der Waals surface area contributed by atoms with Crippen LogP contribution in [0.1, 0.15) is 37.7 Å². The first kappa shape index (κ1) is 17.7. The molecule has 118 valence electrons. The number of nitrogens with one attached hydrogen (secondary N) is 2. The Hall–Kier alpha value is -1.34. The van der Waals surface area contributed by atoms with E-state index in [-0.39, 0.29) is 11.8 Å². The average molecular weight is 360 g/mol. The van der Waals surface area contributed by atoms with E-state index in [2.05, 4.69) is 40.6 Å². The second kappa shape index (κ2) is 8.19. The molecule has 0 saturated carbocycles. The van der Waals surface area contributed by atoms with Crippen LogP contribution in [-0.2, 0) is 16.6 Å². The lowest BCUT2D eigenvalue weighted by atomic mass is 10.1. The van der Waals surface area contributed by atoms with E-state index in [0.29, 0.717) is 18.2 Å². The summed E-state index contributed by atoms with van der Waals surface area (Å²) in [6.45, 7) is 6.35. The average Bonchev–Trinajstić information content (AvgIpc) is 2.74. The number of aromatic nitrogens is 1. The molecule has 0 radical (unpaired) electrons. The number of halogens is 1. The van der Waals surface area contributed by atoms with E-state index in [4.69, 9.17) is 4.74 Å². The maximum atomic E-state index is 11.9. The van der Waals surface area contributed by atoms with Crippen LogP contribution in [0.5, 0.6) is 0 Å². The molecular weight excluding hydrogens is 338 g/mol. The lowest BCUT2D eigenvalue weighted by Crippen LogP contribution is -2.46. The number of carbonyl (C=O) groups excluding carboxylic acids is 2. The topological polar surface area (TPSA) is 72.4 Å². The molecule has 0 spiro atoms. The zero-order valence-electron chi connectivity index (χ0n) is 12.8. The molecule has 0 fully saturated rings. The van der Waals surface area contributed by atoms with Gasteiger partial charge in [-0.25, -0.2) is 0 Å². The summed E-state index contributed by atoms with van der Waals surface area (Å²) in [6, 6.07) is 1.67. The minimum Gasteiger partial charge on any atom is -0.369 e. The maximum absolute atomic E-state index is 11.9. The van der Waals surface area contributed by atoms with Crippen LogP contribution in [0.4, 0.5) is 0 Å². The van der Waals surface area contributed by atoms with Crippen LogP contribution in [0.25, 0.3) is 0 Å². The van der Waals surface area contributed by atoms with Gasteiger partial charge in [0.25, 0.3) is 11.8 Å². The molecule has 0 aromatic carbocycles. The van der Waals surface area contributed by atoms with Crippen molar-refractivity contribution in [1.82, 2.24) is 15.4 Å². The molecule has 2 N–H and O–H groups in total. The summed E-state index contributed by atoms with van der Waals surface area (Å²) in [6.07, 6.45) is 2.04. The Bertz CT molecular complexity index is 500. The van der Waals surface area contributed by atoms with Gasteiger partial charge in [0.1, 0.15) is 11.8 Å². The number of carbonyl (C=O) groups is 2. The van der Waals surface area contributed by atoms with Crippen molar-refractivity contribution in [2.75, 3.05) is 6.61 Å². The molecule has 7 heteroatoms. The molecule has 0 aliphatic heterocycles. The molecule has 2 amide bonds. The van der Waals surface area contributed by atoms with E-state index in [9.17, 15) is 9.59 Å². The van der Waals surface area contributed by atoms with Crippen LogP contribution in [0, 0.1) is 5.92 Å². The summed E-state index contributed by atoms with van der Waals surface area (Å²) < 4.78 is 7.86. The Labute approximate surface area is 133 Å². The fourth-order valence-electron chi connectivity index (χ4n) is 1.59. The first-order valence-corrected chi connectivity index (χ1v) is 7.64. The molecule has 1 unspecified atom stereocenters. The van der Waals surface area contributed by atoms with Crippen LogP contribution < -0.4 is 10.9 Å². The number of ether oxygens (including phenoxy) is 1. The van der Waals surface area contributed by atoms with Crippen molar-refractivity contribution >= 4 is 27.7 Å². The van der Waals surface area contributed by atoms with Gasteiger partial charge in [-0.1, -0.05) is 13.8 Å². The number of rotatable bonds is 6. The second-order valence-electron chi connectivity index (χ2n) is 5.29. The van der Waals surface area contributed by atoms with Gasteiger partial charge in [-0.2, -0.15) is 0 Å². The molecule has 0 aliphatic carbocycles. The molecule has 21 heavy (non-hydrogen) atoms. The van der Waals surface area contributed by atoms with Gasteiger partial charge in [0, 0.05) is 24.3 Å². The summed E-state index contributed by atoms with van der Waals surface area (Å²) in [5.41, 5.74) is 5.18. The summed E-state index contributed by atoms with van der Waals surface area (Å²) in [4.78, 5) is 23.7. The Morgan fingerprint density at radius 2 is 2.00 bits per heavy atom. The molecule has 0 saturated heterocycles. The molecule has 0 bridgehead atoms. The van der Waals surface area contributed by atoms with Crippen LogP contribution in [0.15, 0.2) is 16.7 Å². The molecule has 1 atom stereocenters. The number of nitrogens with zero attached hydrogens (tertiary/aromatic N) is 1. The quantitative estimate of drug-likeness (QED) is 0.763. The van der Waals surface area contributed by atoms with Crippen LogP contribution in [0.2, 0.25) is 0 Å². The highest BCUT2D eigenvalue weighted by molar-refractivity contribution is 9.10. The number of hydrazine groups is 1. The van der Waals surface area contributed by atoms with Crippen molar-refractivity contribution in [3.8, 4) is 0 Å². The van der Waals surface area contributed by atoms with E-state index < -0.39 is 6.10 Å². The van der Waals surface area contributed by atoms with E-state index >= 15 is 0 Å². The van der Waals surface area contributed by atoms with Crippen molar-refractivity contribution in [2.24, 2.45) is 13.0 Å². The van der Waals surface area contributed by atoms with Crippen molar-refractivity contribution in [2.45, 2.75) is 33.3 Å². The third-order valence-corrected chi connectivity index (χ3v) is 3.37. The number of aryl methyl sites for hydroxylation is 1. The minimum atomic E-state index is -0.607. The highest BCUT2D eigenvalue weighted by atomic mass is 79.9. The van der Waals surface area contributed by atoms with Gasteiger partial charge >= 0.3 is 0 Å². The van der Waals surface area contributed by atoms with E-state index in [1.807, 2.05) is 0 Å². The maximum Gasteiger partial charge on any atom is 0.286 e. The predicted molar refractivity (Wildman–Crippen MR) is 83.6 cm³/mol. The van der Waals surface area contributed by atoms with Gasteiger partial charge in [0.2, 0.25) is 0 Å². The molecule has 6 nitrogen and oxygen atoms in total. The fraction of sp³-hybridized carbons (Fsp3) is 0.571. The third-order valence-electron chi connectivity index (χ3n) is 2.94. The molecule has 1 rings (SSSR count). The molecule has 1 heterocycles. The number of hydrogen-bond donors (Lipinski definition) is 2. The van der Waals surface area contributed by atoms with E-state index in [1.165, 1.54) is 0 Å². The normalized spacial score (nSPS) is 12.3. The van der Waals surface area contributed by atoms with Crippen molar-refractivity contribution in [3.63, 3.8) is 0 Å². The summed E-state index contributed by atoms with van der Waals surface area (Å²) >= 11 is 3.29. The third kappa shape index (κ3) is 5.89. The molecule has 1 aromatic rings. The standard InChI is InChI=1S/C14H22BrN3O3/c1-9(2)5-6-21-10(3)13(19)16-17-14(20)12-7-11(15)8-18(12)4/h7-10H,5-6H2,1-4H3,(H,16,19)(H,17,20). The first-order valence-electron chi connectivity index (χ1n) is 6.85. The summed E-state index contributed by atoms with van der Waals surface area (Å²) in [5.74, 6) is -0.234. The Morgan fingerprint density at radius 1 is 1.33 bits per heavy atom. The Kier molecular flexibility index (Phi) is 6.91. The van der Waals surface area contributed by atoms with Gasteiger partial charge in [0.15, 0.2) is 0 Å². The van der Waals surface area contributed by atoms with Crippen LogP contribution in [0.3, 0.4) is 0 Å². The van der Waals surface area contributed by atoms with E-state index in [1.54, 1.807) is 30.8 Å². The SMILES string of the molecule is CC(C)CCOC(C)C(=O)NNC(=O)c1cc(Br)cn1C. The smallest absolute Gasteiger partial charge is 0.286 e. The number of amides is 2. The predicted octanol–water partition coefficient (Wildman–Crippen LogP) is 2.00. The van der Waals surface area contributed by atoms with Crippen LogP contribution >= 0.6 is 15.9 Å². The molecule has 0 aliphatic rings. The monoisotopic (exact) mass is 359 g/mol. The zero-order valence-corrected chi connectivity index (χ0v) is 14.4. The summed E-state index contributed by atoms with van der Waals surface area (Å²) in [7, 11) is 1.75. The van der Waals surface area contributed by atoms with Crippen molar-refractivity contribution in [3.05, 3.63) is 22.4 Å². The Balaban J connectivity index is 2.38. The van der Waals surface area contributed by atoms with Gasteiger partial charge in [0.05, 0.1) is 0 Å². The van der Waals surface area contributed by atoms with Gasteiger partial charge < -0.3 is 9.30 Å². The molecular formula is C14H22BrN3O3. The highest BCUT2D eigenvalue weighted by Crippen LogP contribution is 2.13. The summed E-state index contributed by atoms with van der Waals surface area (Å²) in [5, 5.41) is 0. The zero-order chi connectivity index (χ0) is 16.0. The van der Waals surface area contributed by atoms with Crippen LogP contribution in [-0.4, -0.2) is 29.1 Å². The minimum absolute atomic E-state index is 0.375. The second-order valence-corrected chi connectivity index (χ2v) is 6.21. The van der Waals surface area contributed by atoms with Crippen molar-refractivity contribution in [1.29, 1.82) is 0 Å². The first-order chi connectivity index (χ1) is 9.81. The Morgan fingerprint density at radius 3 is 2.52 bits per heavy atom. The number of hydrogen-bond acceptors (Lipinski definition) is 3.